The second-order valence-corrected chi connectivity index (χ2v) is 6.34. The van der Waals surface area contributed by atoms with E-state index in [0.717, 1.165) is 5.69 Å². The number of hydrogen-bond donors (Lipinski definition) is 1. The van der Waals surface area contributed by atoms with Crippen LogP contribution < -0.4 is 20.3 Å². The van der Waals surface area contributed by atoms with Crippen LogP contribution >= 0.6 is 0 Å². The fourth-order valence-corrected chi connectivity index (χ4v) is 3.07. The van der Waals surface area contributed by atoms with Gasteiger partial charge in [0, 0.05) is 18.7 Å². The highest BCUT2D eigenvalue weighted by Crippen LogP contribution is 2.25. The standard InChI is InChI=1S/C21H23N3O4/c1-14-20(21(26)24(23(14)2)16-8-6-5-7-9-16)22-19(25)12-15-10-11-17(27-3)13-18(15)28-4/h5-11,13H,12H2,1-4H3,(H,22,25). The number of para-hydroxylation sites is 1. The van der Waals surface area contributed by atoms with Crippen molar-refractivity contribution < 1.29 is 14.3 Å². The van der Waals surface area contributed by atoms with Crippen LogP contribution in [-0.4, -0.2) is 29.5 Å². The van der Waals surface area contributed by atoms with Crippen LogP contribution in [0.4, 0.5) is 5.69 Å². The number of rotatable bonds is 6. The summed E-state index contributed by atoms with van der Waals surface area (Å²) >= 11 is 0. The number of nitrogens with one attached hydrogen (secondary N) is 1. The molecule has 3 aromatic rings. The van der Waals surface area contributed by atoms with E-state index in [1.165, 1.54) is 11.8 Å². The van der Waals surface area contributed by atoms with E-state index in [-0.39, 0.29) is 23.6 Å². The topological polar surface area (TPSA) is 74.5 Å². The molecular formula is C21H23N3O4. The zero-order chi connectivity index (χ0) is 20.3. The minimum absolute atomic E-state index is 0.0757. The molecule has 2 aromatic carbocycles. The zero-order valence-electron chi connectivity index (χ0n) is 16.4. The summed E-state index contributed by atoms with van der Waals surface area (Å²) in [5.74, 6) is 0.904. The molecule has 28 heavy (non-hydrogen) atoms. The van der Waals surface area contributed by atoms with E-state index in [9.17, 15) is 9.59 Å². The summed E-state index contributed by atoms with van der Waals surface area (Å²) in [7, 11) is 4.89. The second kappa shape index (κ2) is 8.04. The highest BCUT2D eigenvalue weighted by Gasteiger charge is 2.19. The Balaban J connectivity index is 1.87. The first-order valence-corrected chi connectivity index (χ1v) is 8.81. The Morgan fingerprint density at radius 3 is 2.43 bits per heavy atom. The van der Waals surface area contributed by atoms with E-state index in [2.05, 4.69) is 5.32 Å². The average Bonchev–Trinajstić information content (AvgIpc) is 2.92. The van der Waals surface area contributed by atoms with Crippen LogP contribution in [0.3, 0.4) is 0 Å². The Labute approximate surface area is 163 Å². The average molecular weight is 381 g/mol. The molecule has 0 fully saturated rings. The van der Waals surface area contributed by atoms with Crippen molar-refractivity contribution in [3.8, 4) is 17.2 Å². The normalized spacial score (nSPS) is 10.6. The highest BCUT2D eigenvalue weighted by molar-refractivity contribution is 5.93. The quantitative estimate of drug-likeness (QED) is 0.712. The number of methoxy groups -OCH3 is 2. The number of benzene rings is 2. The molecule has 1 N–H and O–H groups in total. The maximum Gasteiger partial charge on any atom is 0.295 e. The summed E-state index contributed by atoms with van der Waals surface area (Å²) in [5, 5.41) is 2.76. The monoisotopic (exact) mass is 381 g/mol. The van der Waals surface area contributed by atoms with Gasteiger partial charge in [-0.3, -0.25) is 14.3 Å². The van der Waals surface area contributed by atoms with E-state index >= 15 is 0 Å². The molecule has 3 rings (SSSR count). The zero-order valence-corrected chi connectivity index (χ0v) is 16.4. The third-order valence-electron chi connectivity index (χ3n) is 4.66. The van der Waals surface area contributed by atoms with Crippen LogP contribution in [0.1, 0.15) is 11.3 Å². The third kappa shape index (κ3) is 3.64. The molecule has 0 spiro atoms. The van der Waals surface area contributed by atoms with Crippen molar-refractivity contribution in [2.24, 2.45) is 7.05 Å². The maximum atomic E-state index is 12.9. The Bertz CT molecular complexity index is 1050. The first kappa shape index (κ1) is 19.3. The Morgan fingerprint density at radius 1 is 1.07 bits per heavy atom. The fraction of sp³-hybridized carbons (Fsp3) is 0.238. The first-order valence-electron chi connectivity index (χ1n) is 8.81. The number of hydrogen-bond acceptors (Lipinski definition) is 4. The van der Waals surface area contributed by atoms with Gasteiger partial charge in [0.05, 0.1) is 32.0 Å². The maximum absolute atomic E-state index is 12.9. The van der Waals surface area contributed by atoms with Gasteiger partial charge in [0.15, 0.2) is 0 Å². The van der Waals surface area contributed by atoms with E-state index in [4.69, 9.17) is 9.47 Å². The SMILES string of the molecule is COc1ccc(CC(=O)Nc2c(C)n(C)n(-c3ccccc3)c2=O)c(OC)c1. The van der Waals surface area contributed by atoms with Crippen molar-refractivity contribution in [3.63, 3.8) is 0 Å². The van der Waals surface area contributed by atoms with Crippen molar-refractivity contribution in [2.75, 3.05) is 19.5 Å². The Morgan fingerprint density at radius 2 is 1.79 bits per heavy atom. The van der Waals surface area contributed by atoms with Gasteiger partial charge in [-0.2, -0.15) is 0 Å². The molecule has 0 bridgehead atoms. The van der Waals surface area contributed by atoms with Crippen molar-refractivity contribution >= 4 is 11.6 Å². The molecule has 1 aromatic heterocycles. The van der Waals surface area contributed by atoms with Crippen LogP contribution in [0.2, 0.25) is 0 Å². The number of aromatic nitrogens is 2. The summed E-state index contributed by atoms with van der Waals surface area (Å²) in [6.45, 7) is 1.80. The van der Waals surface area contributed by atoms with Gasteiger partial charge in [-0.15, -0.1) is 0 Å². The van der Waals surface area contributed by atoms with Crippen molar-refractivity contribution in [1.29, 1.82) is 0 Å². The van der Waals surface area contributed by atoms with Gasteiger partial charge in [0.25, 0.3) is 5.56 Å². The van der Waals surface area contributed by atoms with E-state index in [1.54, 1.807) is 44.0 Å². The Kier molecular flexibility index (Phi) is 5.54. The molecule has 0 saturated carbocycles. The molecule has 0 saturated heterocycles. The molecule has 0 radical (unpaired) electrons. The molecule has 0 aliphatic heterocycles. The molecule has 0 aliphatic carbocycles. The summed E-state index contributed by atoms with van der Waals surface area (Å²) in [5.41, 5.74) is 2.10. The van der Waals surface area contributed by atoms with Gasteiger partial charge >= 0.3 is 0 Å². The summed E-state index contributed by atoms with van der Waals surface area (Å²) < 4.78 is 13.8. The predicted octanol–water partition coefficient (Wildman–Crippen LogP) is 2.68. The number of nitrogens with zero attached hydrogens (tertiary/aromatic N) is 2. The van der Waals surface area contributed by atoms with Gasteiger partial charge < -0.3 is 14.8 Å². The van der Waals surface area contributed by atoms with E-state index < -0.39 is 0 Å². The predicted molar refractivity (Wildman–Crippen MR) is 108 cm³/mol. The second-order valence-electron chi connectivity index (χ2n) is 6.34. The van der Waals surface area contributed by atoms with Crippen molar-refractivity contribution in [3.05, 3.63) is 70.1 Å². The number of carbonyl (C=O) groups is 1. The molecule has 0 atom stereocenters. The van der Waals surface area contributed by atoms with Crippen LogP contribution in [0.25, 0.3) is 5.69 Å². The lowest BCUT2D eigenvalue weighted by Gasteiger charge is -2.10. The third-order valence-corrected chi connectivity index (χ3v) is 4.66. The molecule has 146 valence electrons. The number of anilines is 1. The fourth-order valence-electron chi connectivity index (χ4n) is 3.07. The summed E-state index contributed by atoms with van der Waals surface area (Å²) in [6, 6.07) is 14.5. The largest absolute Gasteiger partial charge is 0.497 e. The molecule has 7 heteroatoms. The van der Waals surface area contributed by atoms with Crippen molar-refractivity contribution in [2.45, 2.75) is 13.3 Å². The smallest absolute Gasteiger partial charge is 0.295 e. The first-order chi connectivity index (χ1) is 13.5. The summed E-state index contributed by atoms with van der Waals surface area (Å²) in [4.78, 5) is 25.5. The highest BCUT2D eigenvalue weighted by atomic mass is 16.5. The van der Waals surface area contributed by atoms with Crippen LogP contribution in [0.15, 0.2) is 53.3 Å². The number of ether oxygens (including phenoxy) is 2. The van der Waals surface area contributed by atoms with E-state index in [0.29, 0.717) is 22.8 Å². The number of amides is 1. The molecule has 1 heterocycles. The molecule has 0 unspecified atom stereocenters. The van der Waals surface area contributed by atoms with Gasteiger partial charge in [-0.25, -0.2) is 4.68 Å². The summed E-state index contributed by atoms with van der Waals surface area (Å²) in [6.07, 6.45) is 0.0757. The minimum atomic E-state index is -0.297. The molecular weight excluding hydrogens is 358 g/mol. The van der Waals surface area contributed by atoms with E-state index in [1.807, 2.05) is 30.3 Å². The molecule has 1 amide bonds. The lowest BCUT2D eigenvalue weighted by Crippen LogP contribution is -2.23. The lowest BCUT2D eigenvalue weighted by atomic mass is 10.1. The van der Waals surface area contributed by atoms with Crippen LogP contribution in [0, 0.1) is 6.92 Å². The lowest BCUT2D eigenvalue weighted by molar-refractivity contribution is -0.115. The number of carbonyl (C=O) groups excluding carboxylic acids is 1. The van der Waals surface area contributed by atoms with Crippen LogP contribution in [-0.2, 0) is 18.3 Å². The van der Waals surface area contributed by atoms with Crippen molar-refractivity contribution in [1.82, 2.24) is 9.36 Å². The minimum Gasteiger partial charge on any atom is -0.497 e. The van der Waals surface area contributed by atoms with Crippen LogP contribution in [0.5, 0.6) is 11.5 Å². The van der Waals surface area contributed by atoms with Gasteiger partial charge in [0.2, 0.25) is 5.91 Å². The van der Waals surface area contributed by atoms with Gasteiger partial charge in [-0.05, 0) is 25.1 Å². The van der Waals surface area contributed by atoms with Gasteiger partial charge in [-0.1, -0.05) is 24.3 Å². The molecule has 0 aliphatic rings. The molecule has 7 nitrogen and oxygen atoms in total. The Hall–Kier alpha value is -3.48. The van der Waals surface area contributed by atoms with Gasteiger partial charge in [0.1, 0.15) is 17.2 Å².